The van der Waals surface area contributed by atoms with Gasteiger partial charge in [-0.1, -0.05) is 12.1 Å². The zero-order chi connectivity index (χ0) is 25.0. The van der Waals surface area contributed by atoms with Crippen LogP contribution in [0.1, 0.15) is 22.0 Å². The fraction of sp³-hybridized carbons (Fsp3) is 0.217. The molecule has 3 aromatic heterocycles. The molecule has 0 bridgehead atoms. The van der Waals surface area contributed by atoms with Crippen LogP contribution < -0.4 is 14.8 Å². The molecule has 1 N–H and O–H groups in total. The number of halogens is 3. The molecule has 0 unspecified atom stereocenters. The molecular weight excluding hydrogens is 467 g/mol. The van der Waals surface area contributed by atoms with E-state index < -0.39 is 18.3 Å². The van der Waals surface area contributed by atoms with Crippen molar-refractivity contribution in [3.63, 3.8) is 0 Å². The standard InChI is InChI=1S/C23H20F3N5O4/c1-33-13-19(14-3-5-15(6-4-14)35-23(24,25)26)30-22(32)17-11-28-31-10-8-18(29-21(17)31)16-7-9-27-12-20(16)34-2/h3-12,19H,13H2,1-2H3,(H,30,32)/t19-/m1/s1. The van der Waals surface area contributed by atoms with Crippen molar-refractivity contribution >= 4 is 11.6 Å². The molecule has 0 radical (unpaired) electrons. The van der Waals surface area contributed by atoms with Gasteiger partial charge in [-0.3, -0.25) is 9.78 Å². The minimum absolute atomic E-state index is 0.0807. The molecule has 0 saturated carbocycles. The molecule has 4 aromatic rings. The van der Waals surface area contributed by atoms with Crippen LogP contribution >= 0.6 is 0 Å². The Bertz CT molecular complexity index is 1320. The molecule has 4 rings (SSSR count). The molecular formula is C23H20F3N5O4. The summed E-state index contributed by atoms with van der Waals surface area (Å²) in [6.07, 6.45) is 1.42. The van der Waals surface area contributed by atoms with Crippen LogP contribution in [0.4, 0.5) is 13.2 Å². The molecule has 12 heteroatoms. The summed E-state index contributed by atoms with van der Waals surface area (Å²) in [5.41, 5.74) is 2.29. The van der Waals surface area contributed by atoms with Crippen molar-refractivity contribution in [1.29, 1.82) is 0 Å². The summed E-state index contributed by atoms with van der Waals surface area (Å²) in [7, 11) is 2.97. The van der Waals surface area contributed by atoms with Gasteiger partial charge in [-0.2, -0.15) is 5.10 Å². The number of pyridine rings is 1. The Morgan fingerprint density at radius 2 is 1.89 bits per heavy atom. The van der Waals surface area contributed by atoms with Crippen LogP contribution in [0.15, 0.2) is 61.2 Å². The van der Waals surface area contributed by atoms with Crippen molar-refractivity contribution in [3.05, 3.63) is 72.3 Å². The van der Waals surface area contributed by atoms with Crippen molar-refractivity contribution in [2.45, 2.75) is 12.4 Å². The quantitative estimate of drug-likeness (QED) is 0.403. The summed E-state index contributed by atoms with van der Waals surface area (Å²) in [5, 5.41) is 7.01. The summed E-state index contributed by atoms with van der Waals surface area (Å²) in [6, 6.07) is 8.02. The number of carbonyl (C=O) groups is 1. The zero-order valence-electron chi connectivity index (χ0n) is 18.6. The minimum atomic E-state index is -4.79. The highest BCUT2D eigenvalue weighted by Gasteiger charge is 2.31. The van der Waals surface area contributed by atoms with Gasteiger partial charge < -0.3 is 19.5 Å². The van der Waals surface area contributed by atoms with Gasteiger partial charge in [0.15, 0.2) is 5.65 Å². The number of hydrogen-bond donors (Lipinski definition) is 1. The molecule has 0 spiro atoms. The first-order valence-corrected chi connectivity index (χ1v) is 10.3. The molecule has 1 amide bonds. The van der Waals surface area contributed by atoms with Crippen LogP contribution in [0, 0.1) is 0 Å². The largest absolute Gasteiger partial charge is 0.573 e. The van der Waals surface area contributed by atoms with Crippen LogP contribution in [0.2, 0.25) is 0 Å². The number of methoxy groups -OCH3 is 2. The molecule has 3 heterocycles. The Hall–Kier alpha value is -4.19. The predicted molar refractivity (Wildman–Crippen MR) is 118 cm³/mol. The van der Waals surface area contributed by atoms with Gasteiger partial charge in [0, 0.05) is 25.1 Å². The highest BCUT2D eigenvalue weighted by molar-refractivity contribution is 6.00. The summed E-state index contributed by atoms with van der Waals surface area (Å²) in [4.78, 5) is 21.8. The third kappa shape index (κ3) is 5.49. The highest BCUT2D eigenvalue weighted by Crippen LogP contribution is 2.28. The molecule has 0 aliphatic rings. The maximum atomic E-state index is 13.1. The summed E-state index contributed by atoms with van der Waals surface area (Å²) in [6.45, 7) is 0.0807. The highest BCUT2D eigenvalue weighted by atomic mass is 19.4. The third-order valence-electron chi connectivity index (χ3n) is 5.05. The number of nitrogens with zero attached hydrogens (tertiary/aromatic N) is 4. The average Bonchev–Trinajstić information content (AvgIpc) is 3.26. The predicted octanol–water partition coefficient (Wildman–Crippen LogP) is 3.82. The van der Waals surface area contributed by atoms with Crippen molar-refractivity contribution < 1.29 is 32.2 Å². The minimum Gasteiger partial charge on any atom is -0.494 e. The normalized spacial score (nSPS) is 12.4. The lowest BCUT2D eigenvalue weighted by Gasteiger charge is -2.19. The van der Waals surface area contributed by atoms with E-state index in [4.69, 9.17) is 9.47 Å². The SMILES string of the molecule is COC[C@@H](NC(=O)c1cnn2ccc(-c3ccncc3OC)nc12)c1ccc(OC(F)(F)F)cc1. The van der Waals surface area contributed by atoms with E-state index >= 15 is 0 Å². The van der Waals surface area contributed by atoms with E-state index in [0.29, 0.717) is 28.2 Å². The fourth-order valence-electron chi connectivity index (χ4n) is 3.46. The molecule has 0 aliphatic carbocycles. The monoisotopic (exact) mass is 487 g/mol. The third-order valence-corrected chi connectivity index (χ3v) is 5.05. The van der Waals surface area contributed by atoms with Crippen LogP contribution in [-0.4, -0.2) is 52.7 Å². The molecule has 35 heavy (non-hydrogen) atoms. The van der Waals surface area contributed by atoms with Gasteiger partial charge in [0.05, 0.1) is 37.8 Å². The van der Waals surface area contributed by atoms with E-state index in [1.165, 1.54) is 49.2 Å². The number of benzene rings is 1. The second kappa shape index (κ2) is 9.97. The first-order chi connectivity index (χ1) is 16.8. The van der Waals surface area contributed by atoms with E-state index in [1.807, 2.05) is 0 Å². The number of rotatable bonds is 8. The van der Waals surface area contributed by atoms with Crippen LogP contribution in [-0.2, 0) is 4.74 Å². The van der Waals surface area contributed by atoms with E-state index in [-0.39, 0.29) is 17.9 Å². The number of fused-ring (bicyclic) bond motifs is 1. The summed E-state index contributed by atoms with van der Waals surface area (Å²) in [5.74, 6) is -0.327. The van der Waals surface area contributed by atoms with E-state index in [2.05, 4.69) is 25.1 Å². The molecule has 0 fully saturated rings. The van der Waals surface area contributed by atoms with Gasteiger partial charge in [0.25, 0.3) is 5.91 Å². The second-order valence-corrected chi connectivity index (χ2v) is 7.31. The Morgan fingerprint density at radius 1 is 1.11 bits per heavy atom. The lowest BCUT2D eigenvalue weighted by molar-refractivity contribution is -0.274. The number of nitrogens with one attached hydrogen (secondary N) is 1. The van der Waals surface area contributed by atoms with Crippen LogP contribution in [0.3, 0.4) is 0 Å². The topological polar surface area (TPSA) is 99.9 Å². The van der Waals surface area contributed by atoms with Gasteiger partial charge in [-0.15, -0.1) is 13.2 Å². The van der Waals surface area contributed by atoms with Gasteiger partial charge in [0.1, 0.15) is 17.1 Å². The van der Waals surface area contributed by atoms with Crippen molar-refractivity contribution in [2.24, 2.45) is 0 Å². The lowest BCUT2D eigenvalue weighted by Crippen LogP contribution is -2.31. The van der Waals surface area contributed by atoms with E-state index in [0.717, 1.165) is 0 Å². The number of alkyl halides is 3. The first kappa shape index (κ1) is 24.0. The lowest BCUT2D eigenvalue weighted by atomic mass is 10.1. The maximum absolute atomic E-state index is 13.1. The molecule has 182 valence electrons. The van der Waals surface area contributed by atoms with E-state index in [9.17, 15) is 18.0 Å². The second-order valence-electron chi connectivity index (χ2n) is 7.31. The Labute approximate surface area is 197 Å². The number of aromatic nitrogens is 4. The van der Waals surface area contributed by atoms with Crippen molar-refractivity contribution in [3.8, 4) is 22.8 Å². The fourth-order valence-corrected chi connectivity index (χ4v) is 3.46. The molecule has 1 aromatic carbocycles. The summed E-state index contributed by atoms with van der Waals surface area (Å²) >= 11 is 0. The van der Waals surface area contributed by atoms with Gasteiger partial charge in [-0.25, -0.2) is 9.50 Å². The zero-order valence-corrected chi connectivity index (χ0v) is 18.6. The number of hydrogen-bond acceptors (Lipinski definition) is 7. The van der Waals surface area contributed by atoms with Gasteiger partial charge in [-0.05, 0) is 29.8 Å². The smallest absolute Gasteiger partial charge is 0.494 e. The average molecular weight is 487 g/mol. The Kier molecular flexibility index (Phi) is 6.82. The molecule has 1 atom stereocenters. The van der Waals surface area contributed by atoms with Crippen LogP contribution in [0.5, 0.6) is 11.5 Å². The molecule has 0 aliphatic heterocycles. The number of carbonyl (C=O) groups excluding carboxylic acids is 1. The van der Waals surface area contributed by atoms with Gasteiger partial charge >= 0.3 is 6.36 Å². The molecule has 9 nitrogen and oxygen atoms in total. The first-order valence-electron chi connectivity index (χ1n) is 10.3. The van der Waals surface area contributed by atoms with Crippen molar-refractivity contribution in [1.82, 2.24) is 24.9 Å². The Balaban J connectivity index is 1.60. The molecule has 0 saturated heterocycles. The van der Waals surface area contributed by atoms with Crippen molar-refractivity contribution in [2.75, 3.05) is 20.8 Å². The maximum Gasteiger partial charge on any atom is 0.573 e. The number of ether oxygens (including phenoxy) is 3. The van der Waals surface area contributed by atoms with E-state index in [1.54, 1.807) is 30.7 Å². The van der Waals surface area contributed by atoms with Gasteiger partial charge in [0.2, 0.25) is 0 Å². The summed E-state index contributed by atoms with van der Waals surface area (Å²) < 4.78 is 53.2. The van der Waals surface area contributed by atoms with Crippen LogP contribution in [0.25, 0.3) is 16.9 Å². The number of amides is 1. The Morgan fingerprint density at radius 3 is 2.57 bits per heavy atom.